The van der Waals surface area contributed by atoms with E-state index in [2.05, 4.69) is 0 Å². The summed E-state index contributed by atoms with van der Waals surface area (Å²) < 4.78 is 0. The SMILES string of the molecule is CC(CCO)C(N)=O. The van der Waals surface area contributed by atoms with E-state index in [0.29, 0.717) is 6.42 Å². The van der Waals surface area contributed by atoms with E-state index >= 15 is 0 Å². The summed E-state index contributed by atoms with van der Waals surface area (Å²) in [4.78, 5) is 10.2. The first-order valence-electron chi connectivity index (χ1n) is 2.58. The molecule has 3 heteroatoms. The summed E-state index contributed by atoms with van der Waals surface area (Å²) in [6.45, 7) is 1.72. The number of hydrogen-bond acceptors (Lipinski definition) is 2. The van der Waals surface area contributed by atoms with Gasteiger partial charge in [0, 0.05) is 12.5 Å². The molecule has 0 saturated carbocycles. The molecule has 0 aliphatic rings. The van der Waals surface area contributed by atoms with E-state index < -0.39 is 0 Å². The van der Waals surface area contributed by atoms with Gasteiger partial charge < -0.3 is 10.8 Å². The molecule has 0 aliphatic carbocycles. The Bertz CT molecular complexity index is 82.5. The highest BCUT2D eigenvalue weighted by Crippen LogP contribution is 1.96. The van der Waals surface area contributed by atoms with Crippen LogP contribution in [0.25, 0.3) is 0 Å². The highest BCUT2D eigenvalue weighted by Gasteiger charge is 2.05. The second-order valence-electron chi connectivity index (χ2n) is 1.82. The lowest BCUT2D eigenvalue weighted by molar-refractivity contribution is -0.121. The maximum absolute atomic E-state index is 10.2. The highest BCUT2D eigenvalue weighted by molar-refractivity contribution is 5.76. The number of carbonyl (C=O) groups is 1. The summed E-state index contributed by atoms with van der Waals surface area (Å²) in [6.07, 6.45) is 0.468. The van der Waals surface area contributed by atoms with E-state index in [4.69, 9.17) is 10.8 Å². The van der Waals surface area contributed by atoms with Crippen LogP contribution in [0.2, 0.25) is 0 Å². The molecule has 0 saturated heterocycles. The van der Waals surface area contributed by atoms with Crippen LogP contribution < -0.4 is 5.73 Å². The van der Waals surface area contributed by atoms with Gasteiger partial charge >= 0.3 is 0 Å². The van der Waals surface area contributed by atoms with Crippen LogP contribution in [0, 0.1) is 5.92 Å². The fourth-order valence-electron chi connectivity index (χ4n) is 0.336. The molecule has 0 aromatic heterocycles. The zero-order chi connectivity index (χ0) is 6.57. The highest BCUT2D eigenvalue weighted by atomic mass is 16.3. The number of nitrogens with two attached hydrogens (primary N) is 1. The molecule has 0 aromatic rings. The first-order valence-corrected chi connectivity index (χ1v) is 2.58. The molecule has 0 aliphatic heterocycles. The van der Waals surface area contributed by atoms with Crippen molar-refractivity contribution in [1.82, 2.24) is 0 Å². The predicted octanol–water partition coefficient (Wildman–Crippen LogP) is -0.510. The third kappa shape index (κ3) is 2.58. The Kier molecular flexibility index (Phi) is 3.19. The van der Waals surface area contributed by atoms with E-state index in [-0.39, 0.29) is 18.4 Å². The fraction of sp³-hybridized carbons (Fsp3) is 0.800. The number of carbonyl (C=O) groups excluding carboxylic acids is 1. The van der Waals surface area contributed by atoms with Gasteiger partial charge in [-0.3, -0.25) is 4.79 Å². The molecule has 1 unspecified atom stereocenters. The van der Waals surface area contributed by atoms with Crippen LogP contribution in [0.15, 0.2) is 0 Å². The van der Waals surface area contributed by atoms with Gasteiger partial charge in [0.2, 0.25) is 5.91 Å². The molecule has 0 spiro atoms. The predicted molar refractivity (Wildman–Crippen MR) is 30.1 cm³/mol. The lowest BCUT2D eigenvalue weighted by Crippen LogP contribution is -2.21. The summed E-state index contributed by atoms with van der Waals surface area (Å²) in [5.41, 5.74) is 4.87. The zero-order valence-electron chi connectivity index (χ0n) is 4.92. The Morgan fingerprint density at radius 3 is 2.50 bits per heavy atom. The molecule has 3 N–H and O–H groups in total. The number of hydrogen-bond donors (Lipinski definition) is 2. The number of aliphatic hydroxyl groups is 1. The number of amides is 1. The van der Waals surface area contributed by atoms with Crippen molar-refractivity contribution in [2.45, 2.75) is 13.3 Å². The van der Waals surface area contributed by atoms with Crippen LogP contribution in [0.5, 0.6) is 0 Å². The average Bonchev–Trinajstić information content (AvgIpc) is 1.67. The Labute approximate surface area is 48.5 Å². The van der Waals surface area contributed by atoms with Gasteiger partial charge in [-0.1, -0.05) is 6.92 Å². The van der Waals surface area contributed by atoms with Crippen molar-refractivity contribution in [1.29, 1.82) is 0 Å². The monoisotopic (exact) mass is 117 g/mol. The van der Waals surface area contributed by atoms with Gasteiger partial charge in [-0.2, -0.15) is 0 Å². The third-order valence-electron chi connectivity index (χ3n) is 1.05. The number of primary amides is 1. The molecule has 1 atom stereocenters. The molecule has 3 nitrogen and oxygen atoms in total. The van der Waals surface area contributed by atoms with Crippen molar-refractivity contribution in [2.75, 3.05) is 6.61 Å². The van der Waals surface area contributed by atoms with Gasteiger partial charge in [0.1, 0.15) is 0 Å². The first kappa shape index (κ1) is 7.43. The Balaban J connectivity index is 3.32. The molecule has 0 rings (SSSR count). The molecule has 0 fully saturated rings. The molecule has 0 bridgehead atoms. The van der Waals surface area contributed by atoms with Gasteiger partial charge in [-0.25, -0.2) is 0 Å². The van der Waals surface area contributed by atoms with Gasteiger partial charge in [-0.05, 0) is 6.42 Å². The van der Waals surface area contributed by atoms with Crippen LogP contribution in [0.1, 0.15) is 13.3 Å². The van der Waals surface area contributed by atoms with E-state index in [1.165, 1.54) is 0 Å². The van der Waals surface area contributed by atoms with Crippen molar-refractivity contribution in [3.63, 3.8) is 0 Å². The van der Waals surface area contributed by atoms with Crippen molar-refractivity contribution in [3.05, 3.63) is 0 Å². The van der Waals surface area contributed by atoms with Crippen LogP contribution in [-0.4, -0.2) is 17.6 Å². The summed E-state index contributed by atoms with van der Waals surface area (Å²) in [5.74, 6) is -0.543. The summed E-state index contributed by atoms with van der Waals surface area (Å²) in [7, 11) is 0. The lowest BCUT2D eigenvalue weighted by atomic mass is 10.1. The van der Waals surface area contributed by atoms with Crippen LogP contribution in [0.3, 0.4) is 0 Å². The summed E-state index contributed by atoms with van der Waals surface area (Å²) >= 11 is 0. The van der Waals surface area contributed by atoms with E-state index in [1.807, 2.05) is 0 Å². The second kappa shape index (κ2) is 3.43. The Hall–Kier alpha value is -0.570. The van der Waals surface area contributed by atoms with Crippen molar-refractivity contribution in [3.8, 4) is 0 Å². The molecule has 1 amide bonds. The largest absolute Gasteiger partial charge is 0.396 e. The third-order valence-corrected chi connectivity index (χ3v) is 1.05. The van der Waals surface area contributed by atoms with Gasteiger partial charge in [0.25, 0.3) is 0 Å². The minimum atomic E-state index is -0.348. The molecular formula is C5H11NO2. The van der Waals surface area contributed by atoms with Crippen molar-refractivity contribution >= 4 is 5.91 Å². The molecule has 0 radical (unpaired) electrons. The quantitative estimate of drug-likeness (QED) is 0.523. The summed E-state index contributed by atoms with van der Waals surface area (Å²) in [5, 5.41) is 8.28. The smallest absolute Gasteiger partial charge is 0.220 e. The lowest BCUT2D eigenvalue weighted by Gasteiger charge is -2.00. The molecule has 8 heavy (non-hydrogen) atoms. The molecule has 0 aromatic carbocycles. The Morgan fingerprint density at radius 1 is 1.88 bits per heavy atom. The second-order valence-corrected chi connectivity index (χ2v) is 1.82. The molecule has 0 heterocycles. The normalized spacial score (nSPS) is 13.2. The zero-order valence-corrected chi connectivity index (χ0v) is 4.92. The maximum atomic E-state index is 10.2. The van der Waals surface area contributed by atoms with Crippen molar-refractivity contribution in [2.24, 2.45) is 11.7 Å². The van der Waals surface area contributed by atoms with Crippen LogP contribution in [-0.2, 0) is 4.79 Å². The van der Waals surface area contributed by atoms with Crippen LogP contribution >= 0.6 is 0 Å². The van der Waals surface area contributed by atoms with Crippen LogP contribution in [0.4, 0.5) is 0 Å². The fourth-order valence-corrected chi connectivity index (χ4v) is 0.336. The van der Waals surface area contributed by atoms with Gasteiger partial charge in [0.15, 0.2) is 0 Å². The minimum Gasteiger partial charge on any atom is -0.396 e. The van der Waals surface area contributed by atoms with E-state index in [1.54, 1.807) is 6.92 Å². The molecule has 48 valence electrons. The number of aliphatic hydroxyl groups excluding tert-OH is 1. The van der Waals surface area contributed by atoms with E-state index in [0.717, 1.165) is 0 Å². The minimum absolute atomic E-state index is 0.0319. The average molecular weight is 117 g/mol. The topological polar surface area (TPSA) is 63.3 Å². The van der Waals surface area contributed by atoms with Gasteiger partial charge in [0.05, 0.1) is 0 Å². The maximum Gasteiger partial charge on any atom is 0.220 e. The number of rotatable bonds is 3. The van der Waals surface area contributed by atoms with Crippen molar-refractivity contribution < 1.29 is 9.90 Å². The van der Waals surface area contributed by atoms with Gasteiger partial charge in [-0.15, -0.1) is 0 Å². The summed E-state index contributed by atoms with van der Waals surface area (Å²) in [6, 6.07) is 0. The Morgan fingerprint density at radius 2 is 2.38 bits per heavy atom. The molecular weight excluding hydrogens is 106 g/mol. The first-order chi connectivity index (χ1) is 3.68. The standard InChI is InChI=1S/C5H11NO2/c1-4(2-3-7)5(6)8/h4,7H,2-3H2,1H3,(H2,6,8). The van der Waals surface area contributed by atoms with E-state index in [9.17, 15) is 4.79 Å².